The Kier molecular flexibility index (Phi) is 3.05. The van der Waals surface area contributed by atoms with Crippen LogP contribution in [0.2, 0.25) is 0 Å². The van der Waals surface area contributed by atoms with Crippen molar-refractivity contribution in [1.82, 2.24) is 10.2 Å². The van der Waals surface area contributed by atoms with Crippen molar-refractivity contribution in [2.45, 2.75) is 13.3 Å². The summed E-state index contributed by atoms with van der Waals surface area (Å²) in [5.74, 6) is 0. The van der Waals surface area contributed by atoms with Crippen LogP contribution in [0.25, 0.3) is 11.1 Å². The van der Waals surface area contributed by atoms with Crippen molar-refractivity contribution in [2.75, 3.05) is 0 Å². The molecule has 5 heteroatoms. The van der Waals surface area contributed by atoms with E-state index in [0.717, 1.165) is 10.0 Å². The lowest BCUT2D eigenvalue weighted by atomic mass is 10.0. The van der Waals surface area contributed by atoms with E-state index in [4.69, 9.17) is 0 Å². The second-order valence-electron chi connectivity index (χ2n) is 3.42. The van der Waals surface area contributed by atoms with Crippen molar-refractivity contribution in [2.24, 2.45) is 0 Å². The van der Waals surface area contributed by atoms with Crippen LogP contribution in [0.15, 0.2) is 28.7 Å². The number of aromatic amines is 1. The summed E-state index contributed by atoms with van der Waals surface area (Å²) in [6.45, 7) is 1.73. The molecule has 0 unspecified atom stereocenters. The number of benzene rings is 1. The highest BCUT2D eigenvalue weighted by Gasteiger charge is 2.19. The number of nitrogens with one attached hydrogen (secondary N) is 1. The fraction of sp³-hybridized carbons (Fsp3) is 0.182. The van der Waals surface area contributed by atoms with Gasteiger partial charge in [0.2, 0.25) is 0 Å². The van der Waals surface area contributed by atoms with Crippen molar-refractivity contribution in [3.05, 3.63) is 40.1 Å². The Morgan fingerprint density at radius 2 is 1.88 bits per heavy atom. The standard InChI is InChI=1S/C11H9BrF2N2/c1-6-9(10(11(13)14)16-15-6)7-2-4-8(12)5-3-7/h2-5,11H,1H3,(H,15,16). The van der Waals surface area contributed by atoms with Gasteiger partial charge < -0.3 is 0 Å². The Morgan fingerprint density at radius 3 is 2.44 bits per heavy atom. The number of H-pyrrole nitrogens is 1. The molecule has 0 radical (unpaired) electrons. The summed E-state index contributed by atoms with van der Waals surface area (Å²) in [6.07, 6.45) is -2.57. The average molecular weight is 287 g/mol. The highest BCUT2D eigenvalue weighted by Crippen LogP contribution is 2.32. The molecule has 0 bridgehead atoms. The summed E-state index contributed by atoms with van der Waals surface area (Å²) in [5.41, 5.74) is 1.68. The van der Waals surface area contributed by atoms with Gasteiger partial charge in [-0.05, 0) is 24.6 Å². The first-order valence-electron chi connectivity index (χ1n) is 4.68. The maximum Gasteiger partial charge on any atom is 0.282 e. The molecule has 0 aliphatic carbocycles. The SMILES string of the molecule is Cc1[nH]nc(C(F)F)c1-c1ccc(Br)cc1. The van der Waals surface area contributed by atoms with Gasteiger partial charge in [-0.15, -0.1) is 0 Å². The number of aromatic nitrogens is 2. The van der Waals surface area contributed by atoms with Gasteiger partial charge in [-0.3, -0.25) is 5.10 Å². The molecule has 2 rings (SSSR count). The Hall–Kier alpha value is -1.23. The molecule has 0 fully saturated rings. The van der Waals surface area contributed by atoms with Gasteiger partial charge >= 0.3 is 0 Å². The Labute approximate surface area is 99.8 Å². The topological polar surface area (TPSA) is 28.7 Å². The molecule has 1 N–H and O–H groups in total. The van der Waals surface area contributed by atoms with Crippen LogP contribution in [0.5, 0.6) is 0 Å². The molecule has 0 spiro atoms. The monoisotopic (exact) mass is 286 g/mol. The quantitative estimate of drug-likeness (QED) is 0.885. The van der Waals surface area contributed by atoms with Crippen LogP contribution in [0.1, 0.15) is 17.8 Å². The number of halogens is 3. The van der Waals surface area contributed by atoms with Crippen molar-refractivity contribution in [3.8, 4) is 11.1 Å². The van der Waals surface area contributed by atoms with Crippen molar-refractivity contribution < 1.29 is 8.78 Å². The molecule has 1 aromatic carbocycles. The summed E-state index contributed by atoms with van der Waals surface area (Å²) < 4.78 is 26.3. The minimum absolute atomic E-state index is 0.195. The molecule has 0 amide bonds. The Balaban J connectivity index is 2.54. The van der Waals surface area contributed by atoms with Crippen LogP contribution < -0.4 is 0 Å². The second kappa shape index (κ2) is 4.33. The summed E-state index contributed by atoms with van der Waals surface area (Å²) >= 11 is 3.30. The van der Waals surface area contributed by atoms with Gasteiger partial charge in [0.25, 0.3) is 6.43 Å². The minimum atomic E-state index is -2.57. The van der Waals surface area contributed by atoms with E-state index >= 15 is 0 Å². The largest absolute Gasteiger partial charge is 0.282 e. The third-order valence-electron chi connectivity index (χ3n) is 2.31. The smallest absolute Gasteiger partial charge is 0.282 e. The van der Waals surface area contributed by atoms with Crippen LogP contribution in [0, 0.1) is 6.92 Å². The average Bonchev–Trinajstić information content (AvgIpc) is 2.62. The molecule has 0 atom stereocenters. The van der Waals surface area contributed by atoms with Gasteiger partial charge in [-0.2, -0.15) is 5.10 Å². The molecule has 0 aliphatic rings. The van der Waals surface area contributed by atoms with E-state index in [2.05, 4.69) is 26.1 Å². The van der Waals surface area contributed by atoms with Crippen LogP contribution in [0.4, 0.5) is 8.78 Å². The molecule has 1 heterocycles. The maximum atomic E-state index is 12.7. The number of hydrogen-bond donors (Lipinski definition) is 1. The highest BCUT2D eigenvalue weighted by molar-refractivity contribution is 9.10. The van der Waals surface area contributed by atoms with Gasteiger partial charge in [-0.25, -0.2) is 8.78 Å². The summed E-state index contributed by atoms with van der Waals surface area (Å²) in [5, 5.41) is 6.22. The first-order chi connectivity index (χ1) is 7.59. The number of hydrogen-bond acceptors (Lipinski definition) is 1. The third-order valence-corrected chi connectivity index (χ3v) is 2.84. The van der Waals surface area contributed by atoms with Crippen LogP contribution >= 0.6 is 15.9 Å². The normalized spacial score (nSPS) is 11.1. The first kappa shape index (κ1) is 11.3. The summed E-state index contributed by atoms with van der Waals surface area (Å²) in [4.78, 5) is 0. The van der Waals surface area contributed by atoms with Crippen LogP contribution in [-0.2, 0) is 0 Å². The zero-order valence-corrected chi connectivity index (χ0v) is 10.1. The van der Waals surface area contributed by atoms with Gasteiger partial charge in [0.15, 0.2) is 0 Å². The predicted molar refractivity (Wildman–Crippen MR) is 61.4 cm³/mol. The fourth-order valence-corrected chi connectivity index (χ4v) is 1.85. The fourth-order valence-electron chi connectivity index (χ4n) is 1.59. The first-order valence-corrected chi connectivity index (χ1v) is 5.48. The van der Waals surface area contributed by atoms with Gasteiger partial charge in [-0.1, -0.05) is 28.1 Å². The molecule has 0 saturated carbocycles. The zero-order chi connectivity index (χ0) is 11.7. The van der Waals surface area contributed by atoms with Crippen LogP contribution in [0.3, 0.4) is 0 Å². The molecule has 0 saturated heterocycles. The van der Waals surface area contributed by atoms with Crippen molar-refractivity contribution in [1.29, 1.82) is 0 Å². The van der Waals surface area contributed by atoms with E-state index < -0.39 is 6.43 Å². The van der Waals surface area contributed by atoms with Crippen LogP contribution in [-0.4, -0.2) is 10.2 Å². The van der Waals surface area contributed by atoms with E-state index in [-0.39, 0.29) is 5.69 Å². The minimum Gasteiger partial charge on any atom is -0.282 e. The van der Waals surface area contributed by atoms with E-state index in [0.29, 0.717) is 11.3 Å². The summed E-state index contributed by atoms with van der Waals surface area (Å²) in [6, 6.07) is 7.20. The lowest BCUT2D eigenvalue weighted by Gasteiger charge is -2.03. The van der Waals surface area contributed by atoms with Crippen molar-refractivity contribution in [3.63, 3.8) is 0 Å². The van der Waals surface area contributed by atoms with E-state index in [1.54, 1.807) is 19.1 Å². The number of nitrogens with zero attached hydrogens (tertiary/aromatic N) is 1. The Morgan fingerprint density at radius 1 is 1.25 bits per heavy atom. The molecule has 84 valence electrons. The molecular formula is C11H9BrF2N2. The molecule has 0 aliphatic heterocycles. The maximum absolute atomic E-state index is 12.7. The number of rotatable bonds is 2. The third kappa shape index (κ3) is 2.00. The Bertz CT molecular complexity index is 491. The lowest BCUT2D eigenvalue weighted by Crippen LogP contribution is -1.88. The number of aryl methyl sites for hydroxylation is 1. The molecular weight excluding hydrogens is 278 g/mol. The predicted octanol–water partition coefficient (Wildman–Crippen LogP) is 4.09. The van der Waals surface area contributed by atoms with E-state index in [1.165, 1.54) is 0 Å². The molecule has 1 aromatic heterocycles. The second-order valence-corrected chi connectivity index (χ2v) is 4.33. The number of alkyl halides is 2. The van der Waals surface area contributed by atoms with E-state index in [1.807, 2.05) is 12.1 Å². The van der Waals surface area contributed by atoms with Gasteiger partial charge in [0.1, 0.15) is 5.69 Å². The van der Waals surface area contributed by atoms with Gasteiger partial charge in [0.05, 0.1) is 0 Å². The van der Waals surface area contributed by atoms with Crippen molar-refractivity contribution >= 4 is 15.9 Å². The lowest BCUT2D eigenvalue weighted by molar-refractivity contribution is 0.146. The summed E-state index contributed by atoms with van der Waals surface area (Å²) in [7, 11) is 0. The molecule has 2 nitrogen and oxygen atoms in total. The molecule has 2 aromatic rings. The van der Waals surface area contributed by atoms with E-state index in [9.17, 15) is 8.78 Å². The van der Waals surface area contributed by atoms with Gasteiger partial charge in [0, 0.05) is 15.7 Å². The zero-order valence-electron chi connectivity index (χ0n) is 8.47. The highest BCUT2D eigenvalue weighted by atomic mass is 79.9. The molecule has 16 heavy (non-hydrogen) atoms.